The molecular formula is C22H26N8O5. The lowest BCUT2D eigenvalue weighted by Crippen LogP contribution is -2.41. The van der Waals surface area contributed by atoms with E-state index in [0.717, 1.165) is 16.8 Å². The molecule has 0 aliphatic heterocycles. The van der Waals surface area contributed by atoms with Gasteiger partial charge in [-0.25, -0.2) is 14.8 Å². The van der Waals surface area contributed by atoms with Crippen LogP contribution in [-0.4, -0.2) is 60.6 Å². The van der Waals surface area contributed by atoms with Gasteiger partial charge in [0.2, 0.25) is 5.95 Å². The van der Waals surface area contributed by atoms with Gasteiger partial charge in [0.1, 0.15) is 6.04 Å². The summed E-state index contributed by atoms with van der Waals surface area (Å²) in [5.41, 5.74) is 15.5. The minimum atomic E-state index is -1.30. The van der Waals surface area contributed by atoms with Crippen molar-refractivity contribution in [3.05, 3.63) is 40.7 Å². The molecule has 0 fully saturated rings. The number of carboxylic acids is 2. The van der Waals surface area contributed by atoms with Crippen molar-refractivity contribution in [2.45, 2.75) is 39.2 Å². The van der Waals surface area contributed by atoms with Crippen molar-refractivity contribution in [3.8, 4) is 0 Å². The largest absolute Gasteiger partial charge is 0.481 e. The van der Waals surface area contributed by atoms with E-state index in [1.54, 1.807) is 18.3 Å². The first kappa shape index (κ1) is 25.1. The number of hydrogen-bond donors (Lipinski definition) is 6. The molecule has 184 valence electrons. The second-order valence-electron chi connectivity index (χ2n) is 7.96. The highest BCUT2D eigenvalue weighted by atomic mass is 16.4. The molecule has 1 atom stereocenters. The molecule has 0 bridgehead atoms. The van der Waals surface area contributed by atoms with E-state index in [1.165, 1.54) is 0 Å². The maximum absolute atomic E-state index is 12.6. The Morgan fingerprint density at radius 1 is 1.06 bits per heavy atom. The number of hydrogen-bond acceptors (Lipinski definition) is 10. The molecule has 0 saturated carbocycles. The number of aromatic nitrogens is 4. The predicted molar refractivity (Wildman–Crippen MR) is 128 cm³/mol. The first-order valence-electron chi connectivity index (χ1n) is 10.7. The number of amides is 1. The molecule has 0 aliphatic rings. The van der Waals surface area contributed by atoms with E-state index in [1.807, 2.05) is 13.8 Å². The SMILES string of the molecule is Cc1cc(C(=O)N[C@@H](CCC(=O)O)C(=O)O)cc(C)c1NCCc1cnc2nc(N)nc(N)c2n1. The summed E-state index contributed by atoms with van der Waals surface area (Å²) >= 11 is 0. The summed E-state index contributed by atoms with van der Waals surface area (Å²) in [4.78, 5) is 51.3. The predicted octanol–water partition coefficient (Wildman–Crippen LogP) is 0.903. The number of carbonyl (C=O) groups excluding carboxylic acids is 1. The molecule has 0 radical (unpaired) electrons. The van der Waals surface area contributed by atoms with Gasteiger partial charge < -0.3 is 32.3 Å². The molecule has 13 heteroatoms. The Labute approximate surface area is 200 Å². The van der Waals surface area contributed by atoms with Crippen molar-refractivity contribution in [1.82, 2.24) is 25.3 Å². The van der Waals surface area contributed by atoms with Crippen molar-refractivity contribution in [3.63, 3.8) is 0 Å². The van der Waals surface area contributed by atoms with Gasteiger partial charge in [0.05, 0.1) is 11.9 Å². The number of nitrogen functional groups attached to an aromatic ring is 2. The highest BCUT2D eigenvalue weighted by Crippen LogP contribution is 2.23. The normalized spacial score (nSPS) is 11.7. The molecule has 0 aliphatic carbocycles. The minimum absolute atomic E-state index is 0.0283. The maximum Gasteiger partial charge on any atom is 0.326 e. The first-order chi connectivity index (χ1) is 16.5. The Balaban J connectivity index is 1.66. The number of aryl methyl sites for hydroxylation is 2. The Hall–Kier alpha value is -4.55. The zero-order valence-corrected chi connectivity index (χ0v) is 19.2. The van der Waals surface area contributed by atoms with Crippen LogP contribution in [0.25, 0.3) is 11.2 Å². The standard InChI is InChI=1S/C22H26N8O5/c1-10-7-12(20(33)28-14(21(34)35)3-4-15(31)32)8-11(2)16(10)25-6-5-13-9-26-19-17(27-13)18(23)29-22(24)30-19/h7-9,14,25H,3-6H2,1-2H3,(H,28,33)(H,31,32)(H,34,35)(H4,23,24,26,29,30)/t14-/m0/s1. The summed E-state index contributed by atoms with van der Waals surface area (Å²) in [6.07, 6.45) is 1.54. The second kappa shape index (κ2) is 10.6. The molecule has 1 amide bonds. The van der Waals surface area contributed by atoms with Gasteiger partial charge in [0, 0.05) is 30.6 Å². The van der Waals surface area contributed by atoms with Gasteiger partial charge in [0.15, 0.2) is 17.0 Å². The lowest BCUT2D eigenvalue weighted by molar-refractivity contribution is -0.140. The molecule has 3 rings (SSSR count). The fourth-order valence-electron chi connectivity index (χ4n) is 3.56. The molecule has 8 N–H and O–H groups in total. The highest BCUT2D eigenvalue weighted by Gasteiger charge is 2.22. The van der Waals surface area contributed by atoms with Gasteiger partial charge >= 0.3 is 11.9 Å². The fraction of sp³-hybridized carbons (Fsp3) is 0.318. The van der Waals surface area contributed by atoms with Gasteiger partial charge in [0.25, 0.3) is 5.91 Å². The third-order valence-electron chi connectivity index (χ3n) is 5.23. The lowest BCUT2D eigenvalue weighted by Gasteiger charge is -2.17. The van der Waals surface area contributed by atoms with E-state index in [4.69, 9.17) is 16.6 Å². The molecule has 35 heavy (non-hydrogen) atoms. The average molecular weight is 483 g/mol. The zero-order valence-electron chi connectivity index (χ0n) is 19.2. The van der Waals surface area contributed by atoms with Crippen LogP contribution in [0.3, 0.4) is 0 Å². The number of benzene rings is 1. The smallest absolute Gasteiger partial charge is 0.326 e. The Morgan fingerprint density at radius 2 is 1.74 bits per heavy atom. The Morgan fingerprint density at radius 3 is 2.37 bits per heavy atom. The van der Waals surface area contributed by atoms with Gasteiger partial charge in [-0.3, -0.25) is 9.59 Å². The van der Waals surface area contributed by atoms with Gasteiger partial charge in [-0.05, 0) is 43.5 Å². The summed E-state index contributed by atoms with van der Waals surface area (Å²) < 4.78 is 0. The monoisotopic (exact) mass is 482 g/mol. The van der Waals surface area contributed by atoms with Crippen LogP contribution >= 0.6 is 0 Å². The Kier molecular flexibility index (Phi) is 7.59. The topological polar surface area (TPSA) is 219 Å². The van der Waals surface area contributed by atoms with E-state index in [-0.39, 0.29) is 30.2 Å². The summed E-state index contributed by atoms with van der Waals surface area (Å²) in [5.74, 6) is -2.83. The third-order valence-corrected chi connectivity index (χ3v) is 5.23. The molecule has 2 aromatic heterocycles. The summed E-state index contributed by atoms with van der Waals surface area (Å²) in [5, 5.41) is 23.7. The molecule has 3 aromatic rings. The summed E-state index contributed by atoms with van der Waals surface area (Å²) in [7, 11) is 0. The minimum Gasteiger partial charge on any atom is -0.481 e. The number of carboxylic acid groups (broad SMARTS) is 2. The van der Waals surface area contributed by atoms with E-state index in [2.05, 4.69) is 30.6 Å². The molecule has 0 unspecified atom stereocenters. The van der Waals surface area contributed by atoms with Crippen LogP contribution in [0.4, 0.5) is 17.5 Å². The van der Waals surface area contributed by atoms with Crippen LogP contribution in [0.5, 0.6) is 0 Å². The third kappa shape index (κ3) is 6.28. The first-order valence-corrected chi connectivity index (χ1v) is 10.7. The van der Waals surface area contributed by atoms with E-state index in [0.29, 0.717) is 29.8 Å². The average Bonchev–Trinajstić information content (AvgIpc) is 2.78. The van der Waals surface area contributed by atoms with Crippen molar-refractivity contribution in [2.24, 2.45) is 0 Å². The summed E-state index contributed by atoms with van der Waals surface area (Å²) in [6, 6.07) is 1.98. The quantitative estimate of drug-likeness (QED) is 0.237. The number of fused-ring (bicyclic) bond motifs is 1. The molecular weight excluding hydrogens is 456 g/mol. The summed E-state index contributed by atoms with van der Waals surface area (Å²) in [6.45, 7) is 4.16. The number of nitrogens with one attached hydrogen (secondary N) is 2. The van der Waals surface area contributed by atoms with E-state index in [9.17, 15) is 19.5 Å². The van der Waals surface area contributed by atoms with Crippen molar-refractivity contribution in [1.29, 1.82) is 0 Å². The molecule has 13 nitrogen and oxygen atoms in total. The number of aliphatic carboxylic acids is 2. The molecule has 0 saturated heterocycles. The lowest BCUT2D eigenvalue weighted by atomic mass is 10.0. The number of rotatable bonds is 10. The molecule has 2 heterocycles. The van der Waals surface area contributed by atoms with Crippen LogP contribution in [0.2, 0.25) is 0 Å². The number of nitrogens with zero attached hydrogens (tertiary/aromatic N) is 4. The van der Waals surface area contributed by atoms with Crippen molar-refractivity contribution < 1.29 is 24.6 Å². The maximum atomic E-state index is 12.6. The van der Waals surface area contributed by atoms with E-state index >= 15 is 0 Å². The fourth-order valence-corrected chi connectivity index (χ4v) is 3.56. The second-order valence-corrected chi connectivity index (χ2v) is 7.96. The van der Waals surface area contributed by atoms with Gasteiger partial charge in [-0.15, -0.1) is 0 Å². The van der Waals surface area contributed by atoms with E-state index < -0.39 is 23.9 Å². The Bertz CT molecular complexity index is 1270. The van der Waals surface area contributed by atoms with Crippen LogP contribution < -0.4 is 22.1 Å². The van der Waals surface area contributed by atoms with Crippen molar-refractivity contribution in [2.75, 3.05) is 23.3 Å². The van der Waals surface area contributed by atoms with Gasteiger partial charge in [-0.1, -0.05) is 0 Å². The van der Waals surface area contributed by atoms with Crippen LogP contribution in [0, 0.1) is 13.8 Å². The molecule has 0 spiro atoms. The number of carbonyl (C=O) groups is 3. The molecule has 1 aromatic carbocycles. The highest BCUT2D eigenvalue weighted by molar-refractivity contribution is 5.97. The van der Waals surface area contributed by atoms with Crippen LogP contribution in [-0.2, 0) is 16.0 Å². The van der Waals surface area contributed by atoms with Crippen LogP contribution in [0.15, 0.2) is 18.3 Å². The zero-order chi connectivity index (χ0) is 25.7. The number of anilines is 3. The van der Waals surface area contributed by atoms with Crippen LogP contribution in [0.1, 0.15) is 40.0 Å². The number of nitrogens with two attached hydrogens (primary N) is 2. The van der Waals surface area contributed by atoms with Crippen molar-refractivity contribution >= 4 is 46.5 Å². The van der Waals surface area contributed by atoms with Gasteiger partial charge in [-0.2, -0.15) is 9.97 Å².